The van der Waals surface area contributed by atoms with Crippen molar-refractivity contribution in [2.24, 2.45) is 0 Å². The summed E-state index contributed by atoms with van der Waals surface area (Å²) in [5.41, 5.74) is 2.24. The second-order valence-electron chi connectivity index (χ2n) is 3.54. The van der Waals surface area contributed by atoms with Gasteiger partial charge >= 0.3 is 0 Å². The molecule has 2 rings (SSSR count). The predicted molar refractivity (Wildman–Crippen MR) is 57.9 cm³/mol. The van der Waals surface area contributed by atoms with Crippen LogP contribution in [0.4, 0.5) is 5.69 Å². The maximum absolute atomic E-state index is 4.34. The number of aromatic nitrogens is 1. The number of halogens is 1. The van der Waals surface area contributed by atoms with Crippen LogP contribution in [0.1, 0.15) is 25.0 Å². The Morgan fingerprint density at radius 3 is 2.77 bits per heavy atom. The lowest BCUT2D eigenvalue weighted by Gasteiger charge is -2.28. The summed E-state index contributed by atoms with van der Waals surface area (Å²) in [7, 11) is 0. The van der Waals surface area contributed by atoms with E-state index in [0.717, 1.165) is 10.3 Å². The fourth-order valence-electron chi connectivity index (χ4n) is 1.46. The maximum atomic E-state index is 4.34. The van der Waals surface area contributed by atoms with Crippen LogP contribution in [0.2, 0.25) is 0 Å². The zero-order chi connectivity index (χ0) is 9.26. The zero-order valence-corrected chi connectivity index (χ0v) is 9.26. The molecular formula is C10H13BrN2. The van der Waals surface area contributed by atoms with Gasteiger partial charge in [0.25, 0.3) is 0 Å². The van der Waals surface area contributed by atoms with E-state index in [1.54, 1.807) is 0 Å². The molecule has 0 amide bonds. The summed E-state index contributed by atoms with van der Waals surface area (Å²) in [5.74, 6) is 0. The molecule has 0 aliphatic heterocycles. The van der Waals surface area contributed by atoms with Gasteiger partial charge < -0.3 is 5.32 Å². The van der Waals surface area contributed by atoms with Crippen LogP contribution in [0, 0.1) is 6.92 Å². The normalized spacial score (nSPS) is 16.8. The van der Waals surface area contributed by atoms with Gasteiger partial charge in [-0.2, -0.15) is 0 Å². The summed E-state index contributed by atoms with van der Waals surface area (Å²) >= 11 is 3.35. The lowest BCUT2D eigenvalue weighted by atomic mass is 9.93. The molecule has 13 heavy (non-hydrogen) atoms. The van der Waals surface area contributed by atoms with Gasteiger partial charge in [-0.15, -0.1) is 0 Å². The molecule has 0 atom stereocenters. The van der Waals surface area contributed by atoms with Gasteiger partial charge in [-0.05, 0) is 54.2 Å². The van der Waals surface area contributed by atoms with Crippen molar-refractivity contribution < 1.29 is 0 Å². The van der Waals surface area contributed by atoms with Crippen molar-refractivity contribution in [3.63, 3.8) is 0 Å². The van der Waals surface area contributed by atoms with Gasteiger partial charge in [0.1, 0.15) is 4.60 Å². The molecule has 2 nitrogen and oxygen atoms in total. The lowest BCUT2D eigenvalue weighted by Crippen LogP contribution is -2.27. The van der Waals surface area contributed by atoms with Crippen LogP contribution in [-0.4, -0.2) is 11.0 Å². The molecular weight excluding hydrogens is 228 g/mol. The molecule has 1 fully saturated rings. The molecule has 0 radical (unpaired) electrons. The average Bonchev–Trinajstić information content (AvgIpc) is 1.99. The fourth-order valence-corrected chi connectivity index (χ4v) is 1.85. The number of nitrogens with zero attached hydrogens (tertiary/aromatic N) is 1. The Labute approximate surface area is 86.9 Å². The highest BCUT2D eigenvalue weighted by Gasteiger charge is 2.17. The number of nitrogens with one attached hydrogen (secondary N) is 1. The highest BCUT2D eigenvalue weighted by Crippen LogP contribution is 2.25. The van der Waals surface area contributed by atoms with Gasteiger partial charge in [0.15, 0.2) is 0 Å². The molecule has 1 saturated carbocycles. The minimum atomic E-state index is 0.682. The van der Waals surface area contributed by atoms with Crippen molar-refractivity contribution in [1.29, 1.82) is 0 Å². The van der Waals surface area contributed by atoms with Gasteiger partial charge in [0.05, 0.1) is 11.4 Å². The molecule has 0 unspecified atom stereocenters. The standard InChI is InChI=1S/C10H13BrN2/c1-7-9(5-6-10(11)12-7)13-8-3-2-4-8/h5-6,8,13H,2-4H2,1H3. The molecule has 0 saturated heterocycles. The van der Waals surface area contributed by atoms with E-state index >= 15 is 0 Å². The van der Waals surface area contributed by atoms with Crippen molar-refractivity contribution in [3.8, 4) is 0 Å². The van der Waals surface area contributed by atoms with Crippen LogP contribution in [0.5, 0.6) is 0 Å². The molecule has 3 heteroatoms. The first-order valence-electron chi connectivity index (χ1n) is 4.65. The summed E-state index contributed by atoms with van der Waals surface area (Å²) in [4.78, 5) is 4.34. The number of hydrogen-bond donors (Lipinski definition) is 1. The Bertz CT molecular complexity index is 308. The van der Waals surface area contributed by atoms with E-state index in [4.69, 9.17) is 0 Å². The highest BCUT2D eigenvalue weighted by molar-refractivity contribution is 9.10. The van der Waals surface area contributed by atoms with E-state index in [1.165, 1.54) is 24.9 Å². The first-order valence-corrected chi connectivity index (χ1v) is 5.45. The van der Waals surface area contributed by atoms with E-state index in [1.807, 2.05) is 13.0 Å². The maximum Gasteiger partial charge on any atom is 0.106 e. The molecule has 1 aliphatic carbocycles. The molecule has 1 aliphatic rings. The first-order chi connectivity index (χ1) is 6.25. The Balaban J connectivity index is 2.10. The van der Waals surface area contributed by atoms with Crippen LogP contribution >= 0.6 is 15.9 Å². The summed E-state index contributed by atoms with van der Waals surface area (Å²) < 4.78 is 0.907. The largest absolute Gasteiger partial charge is 0.381 e. The molecule has 0 bridgehead atoms. The molecule has 0 aromatic carbocycles. The quantitative estimate of drug-likeness (QED) is 0.804. The monoisotopic (exact) mass is 240 g/mol. The van der Waals surface area contributed by atoms with E-state index in [2.05, 4.69) is 32.3 Å². The zero-order valence-electron chi connectivity index (χ0n) is 7.68. The number of aryl methyl sites for hydroxylation is 1. The van der Waals surface area contributed by atoms with Gasteiger partial charge in [-0.3, -0.25) is 0 Å². The summed E-state index contributed by atoms with van der Waals surface area (Å²) in [5, 5.41) is 3.49. The van der Waals surface area contributed by atoms with Crippen LogP contribution < -0.4 is 5.32 Å². The van der Waals surface area contributed by atoms with E-state index < -0.39 is 0 Å². The van der Waals surface area contributed by atoms with Crippen molar-refractivity contribution >= 4 is 21.6 Å². The molecule has 70 valence electrons. The van der Waals surface area contributed by atoms with Gasteiger partial charge in [-0.1, -0.05) is 0 Å². The number of anilines is 1. The van der Waals surface area contributed by atoms with Gasteiger partial charge in [0.2, 0.25) is 0 Å². The van der Waals surface area contributed by atoms with Crippen molar-refractivity contribution in [2.45, 2.75) is 32.2 Å². The third-order valence-corrected chi connectivity index (χ3v) is 2.96. The molecule has 1 N–H and O–H groups in total. The van der Waals surface area contributed by atoms with Crippen molar-refractivity contribution in [2.75, 3.05) is 5.32 Å². The topological polar surface area (TPSA) is 24.9 Å². The molecule has 1 aromatic heterocycles. The average molecular weight is 241 g/mol. The minimum absolute atomic E-state index is 0.682. The predicted octanol–water partition coefficient (Wildman–Crippen LogP) is 3.12. The number of hydrogen-bond acceptors (Lipinski definition) is 2. The fraction of sp³-hybridized carbons (Fsp3) is 0.500. The Morgan fingerprint density at radius 2 is 2.23 bits per heavy atom. The summed E-state index contributed by atoms with van der Waals surface area (Å²) in [6, 6.07) is 4.75. The third-order valence-electron chi connectivity index (χ3n) is 2.52. The van der Waals surface area contributed by atoms with E-state index in [0.29, 0.717) is 6.04 Å². The Hall–Kier alpha value is -0.570. The van der Waals surface area contributed by atoms with Crippen LogP contribution in [-0.2, 0) is 0 Å². The third kappa shape index (κ3) is 2.02. The molecule has 0 spiro atoms. The minimum Gasteiger partial charge on any atom is -0.381 e. The number of pyridine rings is 1. The van der Waals surface area contributed by atoms with Crippen molar-refractivity contribution in [1.82, 2.24) is 4.98 Å². The lowest BCUT2D eigenvalue weighted by molar-refractivity contribution is 0.445. The second kappa shape index (κ2) is 3.66. The Morgan fingerprint density at radius 1 is 1.46 bits per heavy atom. The number of rotatable bonds is 2. The molecule has 1 aromatic rings. The second-order valence-corrected chi connectivity index (χ2v) is 4.35. The van der Waals surface area contributed by atoms with Gasteiger partial charge in [0, 0.05) is 6.04 Å². The van der Waals surface area contributed by atoms with Gasteiger partial charge in [-0.25, -0.2) is 4.98 Å². The SMILES string of the molecule is Cc1nc(Br)ccc1NC1CCC1. The highest BCUT2D eigenvalue weighted by atomic mass is 79.9. The first kappa shape index (κ1) is 9.00. The van der Waals surface area contributed by atoms with E-state index in [-0.39, 0.29) is 0 Å². The van der Waals surface area contributed by atoms with E-state index in [9.17, 15) is 0 Å². The smallest absolute Gasteiger partial charge is 0.106 e. The van der Waals surface area contributed by atoms with Crippen LogP contribution in [0.3, 0.4) is 0 Å². The summed E-state index contributed by atoms with van der Waals surface area (Å²) in [6.07, 6.45) is 3.96. The van der Waals surface area contributed by atoms with Crippen LogP contribution in [0.15, 0.2) is 16.7 Å². The Kier molecular flexibility index (Phi) is 2.54. The molecule has 1 heterocycles. The van der Waals surface area contributed by atoms with Crippen molar-refractivity contribution in [3.05, 3.63) is 22.4 Å². The van der Waals surface area contributed by atoms with Crippen LogP contribution in [0.25, 0.3) is 0 Å². The summed E-state index contributed by atoms with van der Waals surface area (Å²) in [6.45, 7) is 2.03.